The first-order valence-electron chi connectivity index (χ1n) is 19.5. The van der Waals surface area contributed by atoms with E-state index in [2.05, 4.69) is 49.6 Å². The summed E-state index contributed by atoms with van der Waals surface area (Å²) in [5, 5.41) is 10.9. The molecule has 0 saturated carbocycles. The molecule has 0 bridgehead atoms. The number of rotatable bonds is 6. The second-order valence-corrected chi connectivity index (χ2v) is 15.0. The molecule has 0 radical (unpaired) electrons. The highest BCUT2D eigenvalue weighted by Crippen LogP contribution is 2.40. The number of hydrogen-bond donors (Lipinski definition) is 2. The fourth-order valence-electron chi connectivity index (χ4n) is 8.21. The summed E-state index contributed by atoms with van der Waals surface area (Å²) in [4.78, 5) is 66.5. The van der Waals surface area contributed by atoms with Crippen molar-refractivity contribution in [2.75, 3.05) is 31.2 Å². The highest BCUT2D eigenvalue weighted by Gasteiger charge is 2.32. The molecular weight excluding hydrogens is 737 g/mol. The van der Waals surface area contributed by atoms with E-state index in [4.69, 9.17) is 19.2 Å². The number of imide groups is 1. The largest absolute Gasteiger partial charge is 0.381 e. The highest BCUT2D eigenvalue weighted by atomic mass is 16.5. The van der Waals surface area contributed by atoms with Gasteiger partial charge in [-0.2, -0.15) is 0 Å². The lowest BCUT2D eigenvalue weighted by atomic mass is 9.89. The van der Waals surface area contributed by atoms with Gasteiger partial charge in [0.1, 0.15) is 11.4 Å². The molecule has 0 aliphatic carbocycles. The summed E-state index contributed by atoms with van der Waals surface area (Å²) in [7, 11) is 1.85. The van der Waals surface area contributed by atoms with E-state index in [1.165, 1.54) is 5.56 Å². The van der Waals surface area contributed by atoms with E-state index in [0.717, 1.165) is 73.4 Å². The van der Waals surface area contributed by atoms with Crippen LogP contribution in [0, 0.1) is 18.8 Å². The Bertz CT molecular complexity index is 2760. The molecule has 3 aliphatic heterocycles. The number of nitrogens with zero attached hydrogens (tertiary/aromatic N) is 6. The number of ether oxygens (including phenoxy) is 1. The van der Waals surface area contributed by atoms with Crippen molar-refractivity contribution in [3.8, 4) is 23.2 Å². The van der Waals surface area contributed by atoms with Gasteiger partial charge in [0.05, 0.1) is 41.2 Å². The maximum Gasteiger partial charge on any atom is 0.270 e. The van der Waals surface area contributed by atoms with Crippen LogP contribution in [0.3, 0.4) is 0 Å². The minimum Gasteiger partial charge on any atom is -0.381 e. The predicted octanol–water partition coefficient (Wildman–Crippen LogP) is 5.12. The zero-order valence-electron chi connectivity index (χ0n) is 32.1. The van der Waals surface area contributed by atoms with E-state index >= 15 is 0 Å². The second kappa shape index (κ2) is 15.3. The Morgan fingerprint density at radius 2 is 1.83 bits per heavy atom. The Morgan fingerprint density at radius 1 is 0.966 bits per heavy atom. The van der Waals surface area contributed by atoms with E-state index in [-0.39, 0.29) is 36.0 Å². The van der Waals surface area contributed by atoms with Gasteiger partial charge in [0, 0.05) is 66.9 Å². The third kappa shape index (κ3) is 6.98. The molecule has 4 aromatic heterocycles. The summed E-state index contributed by atoms with van der Waals surface area (Å²) >= 11 is 0. The molecular formula is C44H40N8O6. The fraction of sp³-hybridized carbons (Fsp3) is 0.318. The van der Waals surface area contributed by atoms with Gasteiger partial charge in [-0.3, -0.25) is 29.5 Å². The molecule has 0 spiro atoms. The highest BCUT2D eigenvalue weighted by molar-refractivity contribution is 6.02. The Balaban J connectivity index is 0.900. The standard InChI is InChI=1S/C44H40N8O6/c1-25-19-31-35(51(2)44(25)56)21-29(27-13-17-57-18-14-27)22-36(31)52-16-4-6-33-37(52)24-47-41(48-33)28-8-10-34(46-23-28)43(55)45-15-3-5-26-7-11-38-32(20-26)40(50-58-38)30-9-12-39(53)49-42(30)54/h7-8,10-11,19-24,27,30H,4,6,9,12-18H2,1-2H3,(H,45,55)(H,49,53,54). The summed E-state index contributed by atoms with van der Waals surface area (Å²) in [6.45, 7) is 4.19. The summed E-state index contributed by atoms with van der Waals surface area (Å²) in [6.07, 6.45) is 7.64. The van der Waals surface area contributed by atoms with E-state index in [1.54, 1.807) is 41.1 Å². The monoisotopic (exact) mass is 776 g/mol. The van der Waals surface area contributed by atoms with E-state index in [9.17, 15) is 19.2 Å². The quantitative estimate of drug-likeness (QED) is 0.170. The minimum atomic E-state index is -0.578. The Hall–Kier alpha value is -6.72. The predicted molar refractivity (Wildman–Crippen MR) is 216 cm³/mol. The molecule has 3 aliphatic rings. The molecule has 14 nitrogen and oxygen atoms in total. The van der Waals surface area contributed by atoms with Crippen molar-refractivity contribution in [2.45, 2.75) is 57.3 Å². The maximum atomic E-state index is 13.0. The number of carbonyl (C=O) groups is 3. The first-order valence-corrected chi connectivity index (χ1v) is 19.5. The van der Waals surface area contributed by atoms with Gasteiger partial charge < -0.3 is 24.0 Å². The number of nitrogens with one attached hydrogen (secondary N) is 2. The lowest BCUT2D eigenvalue weighted by Crippen LogP contribution is -2.39. The number of fused-ring (bicyclic) bond motifs is 3. The molecule has 1 unspecified atom stereocenters. The zero-order chi connectivity index (χ0) is 39.9. The van der Waals surface area contributed by atoms with Gasteiger partial charge >= 0.3 is 0 Å². The average Bonchev–Trinajstić information content (AvgIpc) is 3.67. The van der Waals surface area contributed by atoms with Crippen LogP contribution in [-0.2, 0) is 27.8 Å². The number of aryl methyl sites for hydroxylation is 3. The van der Waals surface area contributed by atoms with Crippen molar-refractivity contribution in [1.82, 2.24) is 35.3 Å². The van der Waals surface area contributed by atoms with E-state index in [0.29, 0.717) is 51.5 Å². The van der Waals surface area contributed by atoms with Crippen molar-refractivity contribution >= 4 is 51.0 Å². The summed E-state index contributed by atoms with van der Waals surface area (Å²) in [5.74, 6) is 5.24. The van der Waals surface area contributed by atoms with Crippen molar-refractivity contribution < 1.29 is 23.6 Å². The molecule has 3 amide bonds. The average molecular weight is 777 g/mol. The number of anilines is 2. The summed E-state index contributed by atoms with van der Waals surface area (Å²) in [5.41, 5.74) is 8.31. The molecule has 6 aromatic rings. The number of benzene rings is 2. The van der Waals surface area contributed by atoms with Gasteiger partial charge in [-0.05, 0) is 99.0 Å². The molecule has 2 fully saturated rings. The molecule has 58 heavy (non-hydrogen) atoms. The molecule has 7 heterocycles. The molecule has 14 heteroatoms. The van der Waals surface area contributed by atoms with Crippen LogP contribution < -0.4 is 21.1 Å². The number of piperidine rings is 1. The topological polar surface area (TPSA) is 174 Å². The van der Waals surface area contributed by atoms with E-state index < -0.39 is 11.8 Å². The molecule has 2 N–H and O–H groups in total. The number of pyridine rings is 2. The number of carbonyl (C=O) groups excluding carboxylic acids is 3. The minimum absolute atomic E-state index is 0.00269. The molecule has 9 rings (SSSR count). The van der Waals surface area contributed by atoms with Crippen molar-refractivity contribution in [3.63, 3.8) is 0 Å². The molecule has 2 aromatic carbocycles. The Labute approximate surface area is 333 Å². The van der Waals surface area contributed by atoms with Crippen LogP contribution in [0.5, 0.6) is 0 Å². The molecule has 2 saturated heterocycles. The first kappa shape index (κ1) is 36.9. The SMILES string of the molecule is Cc1cc2c(N3CCCc4nc(-c5ccc(C(=O)NCC#Cc6ccc7onc(C8CCC(=O)NC8=O)c7c6)nc5)ncc43)cc(C3CCOCC3)cc2n(C)c1=O. The van der Waals surface area contributed by atoms with Crippen molar-refractivity contribution in [1.29, 1.82) is 0 Å². The van der Waals surface area contributed by atoms with E-state index in [1.807, 2.05) is 26.2 Å². The second-order valence-electron chi connectivity index (χ2n) is 15.0. The number of aromatic nitrogens is 5. The number of hydrogen-bond acceptors (Lipinski definition) is 11. The Kier molecular flexibility index (Phi) is 9.74. The summed E-state index contributed by atoms with van der Waals surface area (Å²) in [6, 6.07) is 15.2. The van der Waals surface area contributed by atoms with Crippen LogP contribution in [-0.4, -0.2) is 68.7 Å². The van der Waals surface area contributed by atoms with Gasteiger partial charge in [0.2, 0.25) is 11.8 Å². The lowest BCUT2D eigenvalue weighted by molar-refractivity contribution is -0.134. The van der Waals surface area contributed by atoms with Crippen LogP contribution in [0.15, 0.2) is 70.2 Å². The lowest BCUT2D eigenvalue weighted by Gasteiger charge is -2.33. The normalized spacial score (nSPS) is 17.1. The van der Waals surface area contributed by atoms with Crippen molar-refractivity contribution in [2.24, 2.45) is 7.05 Å². The van der Waals surface area contributed by atoms with Gasteiger partial charge in [-0.25, -0.2) is 9.97 Å². The molecule has 292 valence electrons. The van der Waals surface area contributed by atoms with Crippen LogP contribution >= 0.6 is 0 Å². The smallest absolute Gasteiger partial charge is 0.270 e. The number of amides is 3. The van der Waals surface area contributed by atoms with Crippen LogP contribution in [0.1, 0.15) is 82.5 Å². The summed E-state index contributed by atoms with van der Waals surface area (Å²) < 4.78 is 12.8. The van der Waals surface area contributed by atoms with Crippen LogP contribution in [0.4, 0.5) is 11.4 Å². The van der Waals surface area contributed by atoms with Gasteiger partial charge in [0.15, 0.2) is 11.4 Å². The third-order valence-electron chi connectivity index (χ3n) is 11.3. The first-order chi connectivity index (χ1) is 28.2. The van der Waals surface area contributed by atoms with Crippen molar-refractivity contribution in [3.05, 3.63) is 105 Å². The molecule has 1 atom stereocenters. The van der Waals surface area contributed by atoms with Crippen LogP contribution in [0.2, 0.25) is 0 Å². The Morgan fingerprint density at radius 3 is 2.64 bits per heavy atom. The third-order valence-corrected chi connectivity index (χ3v) is 11.3. The van der Waals surface area contributed by atoms with Gasteiger partial charge in [-0.1, -0.05) is 17.0 Å². The van der Waals surface area contributed by atoms with Gasteiger partial charge in [-0.15, -0.1) is 0 Å². The zero-order valence-corrected chi connectivity index (χ0v) is 32.1. The maximum absolute atomic E-state index is 13.0. The van der Waals surface area contributed by atoms with Crippen LogP contribution in [0.25, 0.3) is 33.3 Å². The fourth-order valence-corrected chi connectivity index (χ4v) is 8.21. The van der Waals surface area contributed by atoms with Gasteiger partial charge in [0.25, 0.3) is 11.5 Å².